The van der Waals surface area contributed by atoms with Gasteiger partial charge in [0.1, 0.15) is 50.3 Å². The lowest BCUT2D eigenvalue weighted by Gasteiger charge is -2.13. The zero-order valence-corrected chi connectivity index (χ0v) is 27.2. The number of esters is 2. The van der Waals surface area contributed by atoms with Crippen LogP contribution in [0, 0.1) is 0 Å². The summed E-state index contributed by atoms with van der Waals surface area (Å²) in [6.07, 6.45) is 0. The van der Waals surface area contributed by atoms with Crippen LogP contribution in [-0.4, -0.2) is 71.6 Å². The first-order valence-electron chi connectivity index (χ1n) is 15.2. The Morgan fingerprint density at radius 3 is 1.27 bits per heavy atom. The molecule has 0 unspecified atom stereocenters. The second-order valence-corrected chi connectivity index (χ2v) is 10.4. The molecule has 1 heterocycles. The third-order valence-corrected chi connectivity index (χ3v) is 6.13. The van der Waals surface area contributed by atoms with Crippen molar-refractivity contribution in [1.29, 1.82) is 0 Å². The largest absolute Gasteiger partial charge is 0.491 e. The molecule has 49 heavy (non-hydrogen) atoms. The minimum Gasteiger partial charge on any atom is -0.491 e. The summed E-state index contributed by atoms with van der Waals surface area (Å²) in [5.41, 5.74) is 2.52. The fourth-order valence-corrected chi connectivity index (χ4v) is 3.92. The minimum absolute atomic E-state index is 0.0712. The highest BCUT2D eigenvalue weighted by Gasteiger charge is 2.11. The van der Waals surface area contributed by atoms with Crippen molar-refractivity contribution in [1.82, 2.24) is 15.0 Å². The van der Waals surface area contributed by atoms with Crippen molar-refractivity contribution in [3.8, 4) is 17.2 Å². The number of aliphatic hydroxyl groups excluding tert-OH is 1. The predicted octanol–water partition coefficient (Wildman–Crippen LogP) is 5.47. The monoisotopic (exact) mass is 670 g/mol. The molecule has 0 bridgehead atoms. The number of aromatic nitrogens is 3. The number of hydrogen-bond donors (Lipinski definition) is 4. The smallest absolute Gasteiger partial charge is 0.333 e. The molecular weight excluding hydrogens is 632 g/mol. The van der Waals surface area contributed by atoms with E-state index >= 15 is 0 Å². The summed E-state index contributed by atoms with van der Waals surface area (Å²) < 4.78 is 27.2. The first-order chi connectivity index (χ1) is 23.7. The summed E-state index contributed by atoms with van der Waals surface area (Å²) in [6.45, 7) is 10.8. The lowest BCUT2D eigenvalue weighted by molar-refractivity contribution is -0.140. The van der Waals surface area contributed by atoms with Crippen molar-refractivity contribution in [2.45, 2.75) is 13.8 Å². The van der Waals surface area contributed by atoms with Gasteiger partial charge < -0.3 is 44.7 Å². The number of benzene rings is 3. The van der Waals surface area contributed by atoms with Crippen LogP contribution in [0.3, 0.4) is 0 Å². The van der Waals surface area contributed by atoms with E-state index in [1.807, 2.05) is 18.2 Å². The van der Waals surface area contributed by atoms with E-state index in [0.29, 0.717) is 45.5 Å². The topological polar surface area (TPSA) is 175 Å². The van der Waals surface area contributed by atoms with Crippen LogP contribution in [-0.2, 0) is 19.1 Å². The number of hydrogen-bond acceptors (Lipinski definition) is 14. The Morgan fingerprint density at radius 1 is 0.592 bits per heavy atom. The van der Waals surface area contributed by atoms with Gasteiger partial charge >= 0.3 is 11.9 Å². The van der Waals surface area contributed by atoms with E-state index in [-0.39, 0.29) is 57.5 Å². The standard InChI is InChI=1S/C35H38N6O8/c1-23(2)31(43)48-18-16-46-29-12-6-9-26(21-29)37-34-39-33(36-25-8-5-11-28(20-25)45-15-14-42)40-35(41-34)38-27-10-7-13-30(22-27)47-17-19-49-32(44)24(3)4/h5-13,20-22,42H,1,3,14-19H2,2,4H3,(H3,36,37,38,39,40,41). The van der Waals surface area contributed by atoms with Crippen LogP contribution in [0.5, 0.6) is 17.2 Å². The molecule has 4 N–H and O–H groups in total. The normalized spacial score (nSPS) is 10.3. The Hall–Kier alpha value is -6.15. The van der Waals surface area contributed by atoms with E-state index in [2.05, 4.69) is 44.1 Å². The summed E-state index contributed by atoms with van der Waals surface area (Å²) in [5, 5.41) is 18.6. The highest BCUT2D eigenvalue weighted by atomic mass is 16.6. The molecule has 0 aliphatic rings. The molecule has 14 heteroatoms. The molecule has 0 radical (unpaired) electrons. The number of ether oxygens (including phenoxy) is 5. The summed E-state index contributed by atoms with van der Waals surface area (Å²) in [6, 6.07) is 21.4. The van der Waals surface area contributed by atoms with Crippen LogP contribution in [0.4, 0.5) is 34.9 Å². The molecule has 256 valence electrons. The molecule has 0 amide bonds. The predicted molar refractivity (Wildman–Crippen MR) is 184 cm³/mol. The number of carbonyl (C=O) groups is 2. The zero-order chi connectivity index (χ0) is 35.0. The summed E-state index contributed by atoms with van der Waals surface area (Å²) >= 11 is 0. The molecule has 4 aromatic rings. The van der Waals surface area contributed by atoms with E-state index < -0.39 is 11.9 Å². The molecule has 0 atom stereocenters. The van der Waals surface area contributed by atoms with Crippen LogP contribution < -0.4 is 30.2 Å². The Balaban J connectivity index is 1.50. The van der Waals surface area contributed by atoms with Crippen LogP contribution in [0.15, 0.2) is 97.1 Å². The van der Waals surface area contributed by atoms with Gasteiger partial charge in [0.2, 0.25) is 17.8 Å². The molecular formula is C35H38N6O8. The molecule has 3 aromatic carbocycles. The molecule has 0 saturated carbocycles. The summed E-state index contributed by atoms with van der Waals surface area (Å²) in [5.74, 6) is 1.32. The van der Waals surface area contributed by atoms with Gasteiger partial charge in [-0.2, -0.15) is 15.0 Å². The van der Waals surface area contributed by atoms with Crippen LogP contribution in [0.25, 0.3) is 0 Å². The molecule has 0 fully saturated rings. The minimum atomic E-state index is -0.479. The van der Waals surface area contributed by atoms with E-state index in [4.69, 9.17) is 28.8 Å². The Bertz CT molecular complexity index is 1670. The summed E-state index contributed by atoms with van der Waals surface area (Å²) in [7, 11) is 0. The molecule has 0 aliphatic heterocycles. The fourth-order valence-electron chi connectivity index (χ4n) is 3.92. The molecule has 4 rings (SSSR count). The average Bonchev–Trinajstić information content (AvgIpc) is 3.08. The second kappa shape index (κ2) is 18.3. The Kier molecular flexibility index (Phi) is 13.3. The zero-order valence-electron chi connectivity index (χ0n) is 27.2. The van der Waals surface area contributed by atoms with Crippen molar-refractivity contribution >= 4 is 46.8 Å². The molecule has 0 aliphatic carbocycles. The fraction of sp³-hybridized carbons (Fsp3) is 0.229. The van der Waals surface area contributed by atoms with Gasteiger partial charge in [-0.1, -0.05) is 31.4 Å². The van der Waals surface area contributed by atoms with Gasteiger partial charge in [0.15, 0.2) is 0 Å². The molecule has 1 aromatic heterocycles. The lowest BCUT2D eigenvalue weighted by atomic mass is 10.3. The van der Waals surface area contributed by atoms with Gasteiger partial charge in [-0.05, 0) is 50.2 Å². The van der Waals surface area contributed by atoms with Gasteiger partial charge in [0, 0.05) is 46.4 Å². The maximum absolute atomic E-state index is 11.6. The van der Waals surface area contributed by atoms with Gasteiger partial charge in [0.25, 0.3) is 0 Å². The number of aliphatic hydroxyl groups is 1. The average molecular weight is 671 g/mol. The first-order valence-corrected chi connectivity index (χ1v) is 15.2. The highest BCUT2D eigenvalue weighted by molar-refractivity contribution is 5.87. The van der Waals surface area contributed by atoms with Crippen molar-refractivity contribution in [2.24, 2.45) is 0 Å². The molecule has 0 saturated heterocycles. The lowest BCUT2D eigenvalue weighted by Crippen LogP contribution is -2.12. The van der Waals surface area contributed by atoms with E-state index in [0.717, 1.165) is 0 Å². The van der Waals surface area contributed by atoms with Gasteiger partial charge in [-0.15, -0.1) is 0 Å². The van der Waals surface area contributed by atoms with Crippen LogP contribution in [0.2, 0.25) is 0 Å². The van der Waals surface area contributed by atoms with Gasteiger partial charge in [-0.3, -0.25) is 0 Å². The maximum Gasteiger partial charge on any atom is 0.333 e. The highest BCUT2D eigenvalue weighted by Crippen LogP contribution is 2.26. The number of anilines is 6. The van der Waals surface area contributed by atoms with Gasteiger partial charge in [-0.25, -0.2) is 9.59 Å². The molecule has 14 nitrogen and oxygen atoms in total. The van der Waals surface area contributed by atoms with Crippen LogP contribution in [0.1, 0.15) is 13.8 Å². The van der Waals surface area contributed by atoms with E-state index in [1.54, 1.807) is 68.4 Å². The Labute approximate surface area is 283 Å². The maximum atomic E-state index is 11.6. The van der Waals surface area contributed by atoms with Crippen LogP contribution >= 0.6 is 0 Å². The second-order valence-electron chi connectivity index (χ2n) is 10.4. The van der Waals surface area contributed by atoms with Crippen molar-refractivity contribution in [3.05, 3.63) is 97.1 Å². The van der Waals surface area contributed by atoms with Crippen molar-refractivity contribution < 1.29 is 38.4 Å². The SMILES string of the molecule is C=C(C)C(=O)OCCOc1cccc(Nc2nc(Nc3cccc(OCCO)c3)nc(Nc3cccc(OCCOC(=O)C(=C)C)c3)n2)c1. The van der Waals surface area contributed by atoms with Crippen molar-refractivity contribution in [2.75, 3.05) is 55.6 Å². The number of carbonyl (C=O) groups excluding carboxylic acids is 2. The Morgan fingerprint density at radius 2 is 0.939 bits per heavy atom. The third kappa shape index (κ3) is 12.2. The van der Waals surface area contributed by atoms with Gasteiger partial charge in [0.05, 0.1) is 6.61 Å². The molecule has 0 spiro atoms. The number of nitrogens with zero attached hydrogens (tertiary/aromatic N) is 3. The number of rotatable bonds is 19. The number of nitrogens with one attached hydrogen (secondary N) is 3. The third-order valence-electron chi connectivity index (χ3n) is 6.13. The first kappa shape index (κ1) is 35.7. The van der Waals surface area contributed by atoms with Crippen molar-refractivity contribution in [3.63, 3.8) is 0 Å². The van der Waals surface area contributed by atoms with E-state index in [9.17, 15) is 9.59 Å². The quantitative estimate of drug-likeness (QED) is 0.0561. The summed E-state index contributed by atoms with van der Waals surface area (Å²) in [4.78, 5) is 36.9. The van der Waals surface area contributed by atoms with E-state index in [1.165, 1.54) is 0 Å².